The van der Waals surface area contributed by atoms with Gasteiger partial charge in [0.1, 0.15) is 16.1 Å². The second-order valence-corrected chi connectivity index (χ2v) is 9.88. The molecule has 0 radical (unpaired) electrons. The Balaban J connectivity index is 2.15. The summed E-state index contributed by atoms with van der Waals surface area (Å²) in [4.78, 5) is 6.40. The molecule has 1 atom stereocenters. The van der Waals surface area contributed by atoms with Crippen LogP contribution in [-0.4, -0.2) is 24.8 Å². The molecule has 4 nitrogen and oxygen atoms in total. The zero-order chi connectivity index (χ0) is 14.8. The first-order valence-electron chi connectivity index (χ1n) is 6.55. The Morgan fingerprint density at radius 1 is 1.45 bits per heavy atom. The van der Waals surface area contributed by atoms with Gasteiger partial charge in [-0.3, -0.25) is 4.99 Å². The van der Waals surface area contributed by atoms with Crippen molar-refractivity contribution >= 4 is 38.6 Å². The lowest BCUT2D eigenvalue weighted by Gasteiger charge is -2.46. The molecule has 0 aromatic carbocycles. The van der Waals surface area contributed by atoms with Crippen molar-refractivity contribution in [3.05, 3.63) is 20.8 Å². The molecule has 1 spiro atoms. The summed E-state index contributed by atoms with van der Waals surface area (Å²) in [5.74, 6) is 0.250. The molecule has 0 saturated heterocycles. The van der Waals surface area contributed by atoms with Gasteiger partial charge in [-0.2, -0.15) is 0 Å². The molecule has 0 bridgehead atoms. The van der Waals surface area contributed by atoms with Gasteiger partial charge in [-0.15, -0.1) is 11.3 Å². The molecule has 1 saturated carbocycles. The number of sulfone groups is 1. The van der Waals surface area contributed by atoms with E-state index < -0.39 is 20.1 Å². The van der Waals surface area contributed by atoms with E-state index in [4.69, 9.17) is 17.3 Å². The van der Waals surface area contributed by atoms with E-state index in [1.807, 2.05) is 13.0 Å². The lowest BCUT2D eigenvalue weighted by Crippen LogP contribution is -2.61. The normalized spacial score (nSPS) is 30.9. The number of thiophene rings is 1. The van der Waals surface area contributed by atoms with Crippen molar-refractivity contribution in [2.75, 3.05) is 5.75 Å². The summed E-state index contributed by atoms with van der Waals surface area (Å²) in [5, 5.41) is 0.575. The minimum Gasteiger partial charge on any atom is -0.386 e. The van der Waals surface area contributed by atoms with Gasteiger partial charge in [0.05, 0.1) is 15.7 Å². The van der Waals surface area contributed by atoms with Gasteiger partial charge in [-0.25, -0.2) is 8.42 Å². The van der Waals surface area contributed by atoms with E-state index in [2.05, 4.69) is 4.99 Å². The molecule has 0 amide bonds. The average Bonchev–Trinajstić information content (AvgIpc) is 2.53. The summed E-state index contributed by atoms with van der Waals surface area (Å²) in [6, 6.07) is 1.85. The van der Waals surface area contributed by atoms with Crippen molar-refractivity contribution in [2.45, 2.75) is 43.4 Å². The van der Waals surface area contributed by atoms with E-state index in [0.717, 1.165) is 16.2 Å². The fourth-order valence-electron chi connectivity index (χ4n) is 3.10. The van der Waals surface area contributed by atoms with Gasteiger partial charge in [0.2, 0.25) is 0 Å². The second kappa shape index (κ2) is 4.21. The highest BCUT2D eigenvalue weighted by Gasteiger charge is 2.58. The summed E-state index contributed by atoms with van der Waals surface area (Å²) in [7, 11) is -3.31. The Bertz CT molecular complexity index is 704. The predicted molar refractivity (Wildman–Crippen MR) is 83.4 cm³/mol. The van der Waals surface area contributed by atoms with E-state index in [9.17, 15) is 8.42 Å². The van der Waals surface area contributed by atoms with Gasteiger partial charge < -0.3 is 5.73 Å². The van der Waals surface area contributed by atoms with Crippen molar-refractivity contribution in [2.24, 2.45) is 10.7 Å². The molecule has 1 fully saturated rings. The Kier molecular flexibility index (Phi) is 3.02. The Morgan fingerprint density at radius 2 is 2.10 bits per heavy atom. The number of hydrogen-bond acceptors (Lipinski definition) is 5. The third kappa shape index (κ3) is 1.77. The third-order valence-corrected chi connectivity index (χ3v) is 8.82. The zero-order valence-electron chi connectivity index (χ0n) is 11.4. The van der Waals surface area contributed by atoms with Crippen LogP contribution in [0.15, 0.2) is 11.1 Å². The van der Waals surface area contributed by atoms with Gasteiger partial charge in [0, 0.05) is 4.88 Å². The first kappa shape index (κ1) is 14.4. The van der Waals surface area contributed by atoms with E-state index in [-0.39, 0.29) is 11.6 Å². The first-order chi connectivity index (χ1) is 9.20. The molecular formula is C13H17ClN2O2S2. The quantitative estimate of drug-likeness (QED) is 0.859. The standard InChI is InChI=1S/C13H17ClN2O2S2/c1-8-6-9(14)10(19-8)12(2)7-20(17,18)13(4-3-5-13)11(15)16-12/h6H,3-5,7H2,1-2H3,(H2,15,16)/t12-/m0/s1. The van der Waals surface area contributed by atoms with Crippen LogP contribution >= 0.6 is 22.9 Å². The molecule has 1 aromatic rings. The fraction of sp³-hybridized carbons (Fsp3) is 0.615. The van der Waals surface area contributed by atoms with E-state index in [1.54, 1.807) is 6.92 Å². The lowest BCUT2D eigenvalue weighted by atomic mass is 9.82. The van der Waals surface area contributed by atoms with Crippen molar-refractivity contribution in [3.63, 3.8) is 0 Å². The molecule has 2 heterocycles. The van der Waals surface area contributed by atoms with Gasteiger partial charge >= 0.3 is 0 Å². The summed E-state index contributed by atoms with van der Waals surface area (Å²) in [6.45, 7) is 3.75. The van der Waals surface area contributed by atoms with Gasteiger partial charge in [-0.05, 0) is 39.2 Å². The molecule has 0 unspecified atom stereocenters. The number of hydrogen-bond donors (Lipinski definition) is 1. The van der Waals surface area contributed by atoms with Gasteiger partial charge in [0.25, 0.3) is 0 Å². The van der Waals surface area contributed by atoms with Crippen molar-refractivity contribution in [1.29, 1.82) is 0 Å². The smallest absolute Gasteiger partial charge is 0.165 e. The van der Waals surface area contributed by atoms with E-state index in [1.165, 1.54) is 11.3 Å². The molecular weight excluding hydrogens is 316 g/mol. The highest BCUT2D eigenvalue weighted by molar-refractivity contribution is 7.93. The number of aryl methyl sites for hydroxylation is 1. The Labute approximate surface area is 128 Å². The number of halogens is 1. The van der Waals surface area contributed by atoms with Crippen LogP contribution in [0.1, 0.15) is 35.9 Å². The van der Waals surface area contributed by atoms with Crippen LogP contribution in [0.5, 0.6) is 0 Å². The molecule has 1 aliphatic carbocycles. The summed E-state index contributed by atoms with van der Waals surface area (Å²) < 4.78 is 24.5. The highest BCUT2D eigenvalue weighted by atomic mass is 35.5. The van der Waals surface area contributed by atoms with Crippen LogP contribution in [0.2, 0.25) is 5.02 Å². The summed E-state index contributed by atoms with van der Waals surface area (Å²) >= 11 is 7.72. The SMILES string of the molecule is Cc1cc(Cl)c([C@]2(C)CS(=O)(=O)C3(CCC3)C(N)=N2)s1. The second-order valence-electron chi connectivity index (χ2n) is 5.91. The van der Waals surface area contributed by atoms with Crippen molar-refractivity contribution in [1.82, 2.24) is 0 Å². The maximum absolute atomic E-state index is 12.7. The minimum absolute atomic E-state index is 0.0135. The van der Waals surface area contributed by atoms with Gasteiger partial charge in [-0.1, -0.05) is 11.6 Å². The minimum atomic E-state index is -3.31. The van der Waals surface area contributed by atoms with Crippen LogP contribution in [0.25, 0.3) is 0 Å². The van der Waals surface area contributed by atoms with Crippen LogP contribution < -0.4 is 5.73 Å². The molecule has 2 N–H and O–H groups in total. The largest absolute Gasteiger partial charge is 0.386 e. The third-order valence-electron chi connectivity index (χ3n) is 4.36. The van der Waals surface area contributed by atoms with Crippen LogP contribution in [-0.2, 0) is 15.4 Å². The number of nitrogens with two attached hydrogens (primary N) is 1. The zero-order valence-corrected chi connectivity index (χ0v) is 13.8. The number of nitrogens with zero attached hydrogens (tertiary/aromatic N) is 1. The molecule has 1 aromatic heterocycles. The molecule has 20 heavy (non-hydrogen) atoms. The first-order valence-corrected chi connectivity index (χ1v) is 9.39. The predicted octanol–water partition coefficient (Wildman–Crippen LogP) is 2.63. The molecule has 2 aliphatic rings. The number of rotatable bonds is 1. The Morgan fingerprint density at radius 3 is 2.50 bits per heavy atom. The molecule has 110 valence electrons. The van der Waals surface area contributed by atoms with Crippen LogP contribution in [0, 0.1) is 6.92 Å². The van der Waals surface area contributed by atoms with Crippen LogP contribution in [0.4, 0.5) is 0 Å². The number of amidine groups is 1. The molecule has 3 rings (SSSR count). The average molecular weight is 333 g/mol. The Hall–Kier alpha value is -0.590. The molecule has 1 aliphatic heterocycles. The monoisotopic (exact) mass is 332 g/mol. The topological polar surface area (TPSA) is 72.5 Å². The van der Waals surface area contributed by atoms with Crippen molar-refractivity contribution in [3.8, 4) is 0 Å². The highest BCUT2D eigenvalue weighted by Crippen LogP contribution is 2.49. The van der Waals surface area contributed by atoms with Crippen LogP contribution in [0.3, 0.4) is 0 Å². The van der Waals surface area contributed by atoms with Crippen molar-refractivity contribution < 1.29 is 8.42 Å². The van der Waals surface area contributed by atoms with Gasteiger partial charge in [0.15, 0.2) is 9.84 Å². The van der Waals surface area contributed by atoms with E-state index in [0.29, 0.717) is 17.9 Å². The maximum Gasteiger partial charge on any atom is 0.165 e. The lowest BCUT2D eigenvalue weighted by molar-refractivity contribution is 0.393. The fourth-order valence-corrected chi connectivity index (χ4v) is 7.23. The van der Waals surface area contributed by atoms with E-state index >= 15 is 0 Å². The molecule has 7 heteroatoms. The summed E-state index contributed by atoms with van der Waals surface area (Å²) in [6.07, 6.45) is 2.08. The number of aliphatic imine (C=N–C) groups is 1. The summed E-state index contributed by atoms with van der Waals surface area (Å²) in [5.41, 5.74) is 5.19. The maximum atomic E-state index is 12.7.